The van der Waals surface area contributed by atoms with Crippen molar-refractivity contribution in [1.82, 2.24) is 10.3 Å². The molecule has 0 bridgehead atoms. The molecule has 0 spiro atoms. The number of hydrogen-bond acceptors (Lipinski definition) is 5. The van der Waals surface area contributed by atoms with Gasteiger partial charge in [-0.1, -0.05) is 54.6 Å². The van der Waals surface area contributed by atoms with E-state index in [0.29, 0.717) is 22.7 Å². The molecule has 8 nitrogen and oxygen atoms in total. The number of benzene rings is 4. The quantitative estimate of drug-likeness (QED) is 0.115. The van der Waals surface area contributed by atoms with Gasteiger partial charge >= 0.3 is 0 Å². The van der Waals surface area contributed by atoms with E-state index in [-0.39, 0.29) is 17.4 Å². The SMILES string of the molecule is COc1ccccc1NC(=O)CSc1cccc(NC(=O)/C(=C/c2c[nH]c3ccccc23)NC(=O)c2ccccc2)c1. The Hall–Kier alpha value is -5.28. The highest BCUT2D eigenvalue weighted by Crippen LogP contribution is 2.26. The fourth-order valence-corrected chi connectivity index (χ4v) is 5.01. The molecule has 0 saturated heterocycles. The molecule has 0 aliphatic carbocycles. The molecule has 5 rings (SSSR count). The normalized spacial score (nSPS) is 11.1. The first-order valence-electron chi connectivity index (χ1n) is 13.1. The number of carbonyl (C=O) groups excluding carboxylic acids is 3. The van der Waals surface area contributed by atoms with Gasteiger partial charge in [0.1, 0.15) is 11.4 Å². The van der Waals surface area contributed by atoms with Crippen LogP contribution >= 0.6 is 11.8 Å². The molecule has 3 amide bonds. The van der Waals surface area contributed by atoms with Gasteiger partial charge in [-0.25, -0.2) is 0 Å². The Labute approximate surface area is 247 Å². The van der Waals surface area contributed by atoms with Crippen LogP contribution in [-0.4, -0.2) is 35.6 Å². The largest absolute Gasteiger partial charge is 0.495 e. The first kappa shape index (κ1) is 28.3. The van der Waals surface area contributed by atoms with Crippen molar-refractivity contribution in [3.63, 3.8) is 0 Å². The average molecular weight is 577 g/mol. The molecule has 4 N–H and O–H groups in total. The van der Waals surface area contributed by atoms with Gasteiger partial charge in [-0.05, 0) is 54.6 Å². The van der Waals surface area contributed by atoms with Crippen LogP contribution in [0.25, 0.3) is 17.0 Å². The molecule has 4 aromatic carbocycles. The Morgan fingerprint density at radius 3 is 2.45 bits per heavy atom. The number of ether oxygens (including phenoxy) is 1. The molecule has 0 aliphatic rings. The van der Waals surface area contributed by atoms with E-state index >= 15 is 0 Å². The van der Waals surface area contributed by atoms with Crippen LogP contribution in [0, 0.1) is 0 Å². The number of amides is 3. The molecular formula is C33H28N4O4S. The molecule has 0 radical (unpaired) electrons. The minimum atomic E-state index is -0.486. The maximum atomic E-state index is 13.5. The van der Waals surface area contributed by atoms with Crippen molar-refractivity contribution in [2.45, 2.75) is 4.90 Å². The van der Waals surface area contributed by atoms with E-state index in [1.807, 2.05) is 48.5 Å². The lowest BCUT2D eigenvalue weighted by Gasteiger charge is -2.12. The Bertz CT molecular complexity index is 1760. The van der Waals surface area contributed by atoms with Crippen molar-refractivity contribution in [2.75, 3.05) is 23.5 Å². The van der Waals surface area contributed by atoms with E-state index < -0.39 is 11.8 Å². The van der Waals surface area contributed by atoms with E-state index in [0.717, 1.165) is 21.4 Å². The second-order valence-electron chi connectivity index (χ2n) is 9.19. The van der Waals surface area contributed by atoms with Crippen LogP contribution < -0.4 is 20.7 Å². The van der Waals surface area contributed by atoms with E-state index in [1.54, 1.807) is 74.0 Å². The first-order valence-corrected chi connectivity index (χ1v) is 14.1. The van der Waals surface area contributed by atoms with Gasteiger partial charge in [-0.2, -0.15) is 0 Å². The third-order valence-corrected chi connectivity index (χ3v) is 7.29. The zero-order chi connectivity index (χ0) is 29.3. The number of anilines is 2. The summed E-state index contributed by atoms with van der Waals surface area (Å²) in [6.45, 7) is 0. The number of aromatic nitrogens is 1. The number of nitrogens with one attached hydrogen (secondary N) is 4. The van der Waals surface area contributed by atoms with Gasteiger partial charge in [-0.3, -0.25) is 14.4 Å². The summed E-state index contributed by atoms with van der Waals surface area (Å²) in [4.78, 5) is 43.0. The van der Waals surface area contributed by atoms with Crippen molar-refractivity contribution < 1.29 is 19.1 Å². The van der Waals surface area contributed by atoms with Crippen molar-refractivity contribution >= 4 is 57.8 Å². The van der Waals surface area contributed by atoms with Crippen LogP contribution in [0.15, 0.2) is 120 Å². The molecule has 9 heteroatoms. The summed E-state index contributed by atoms with van der Waals surface area (Å²) in [6.07, 6.45) is 3.44. The van der Waals surface area contributed by atoms with Crippen molar-refractivity contribution in [2.24, 2.45) is 0 Å². The van der Waals surface area contributed by atoms with Crippen LogP contribution in [0.3, 0.4) is 0 Å². The first-order chi connectivity index (χ1) is 20.5. The fourth-order valence-electron chi connectivity index (χ4n) is 4.26. The van der Waals surface area contributed by atoms with Gasteiger partial charge in [0.2, 0.25) is 5.91 Å². The average Bonchev–Trinajstić information content (AvgIpc) is 3.43. The molecule has 1 heterocycles. The van der Waals surface area contributed by atoms with Crippen LogP contribution in [0.2, 0.25) is 0 Å². The van der Waals surface area contributed by atoms with E-state index in [1.165, 1.54) is 11.8 Å². The molecule has 0 atom stereocenters. The Balaban J connectivity index is 1.31. The number of thioether (sulfide) groups is 1. The maximum Gasteiger partial charge on any atom is 0.272 e. The lowest BCUT2D eigenvalue weighted by Crippen LogP contribution is -2.30. The van der Waals surface area contributed by atoms with Crippen LogP contribution in [-0.2, 0) is 9.59 Å². The zero-order valence-electron chi connectivity index (χ0n) is 22.7. The summed E-state index contributed by atoms with van der Waals surface area (Å²) in [5.74, 6) is -0.334. The Kier molecular flexibility index (Phi) is 9.00. The molecule has 42 heavy (non-hydrogen) atoms. The minimum absolute atomic E-state index is 0.0860. The molecule has 0 unspecified atom stereocenters. The number of rotatable bonds is 10. The predicted octanol–water partition coefficient (Wildman–Crippen LogP) is 6.32. The summed E-state index contributed by atoms with van der Waals surface area (Å²) >= 11 is 1.33. The maximum absolute atomic E-state index is 13.5. The number of para-hydroxylation sites is 3. The second kappa shape index (κ2) is 13.4. The number of aromatic amines is 1. The zero-order valence-corrected chi connectivity index (χ0v) is 23.5. The highest BCUT2D eigenvalue weighted by atomic mass is 32.2. The number of fused-ring (bicyclic) bond motifs is 1. The van der Waals surface area contributed by atoms with Gasteiger partial charge in [-0.15, -0.1) is 11.8 Å². The summed E-state index contributed by atoms with van der Waals surface area (Å²) in [7, 11) is 1.55. The summed E-state index contributed by atoms with van der Waals surface area (Å²) in [5, 5.41) is 9.42. The molecule has 0 aliphatic heterocycles. The number of methoxy groups -OCH3 is 1. The molecule has 210 valence electrons. The van der Waals surface area contributed by atoms with Crippen LogP contribution in [0.5, 0.6) is 5.75 Å². The third kappa shape index (κ3) is 7.07. The predicted molar refractivity (Wildman–Crippen MR) is 168 cm³/mol. The summed E-state index contributed by atoms with van der Waals surface area (Å²) in [6, 6.07) is 30.8. The van der Waals surface area contributed by atoms with Crippen molar-refractivity contribution in [1.29, 1.82) is 0 Å². The van der Waals surface area contributed by atoms with Crippen LogP contribution in [0.4, 0.5) is 11.4 Å². The van der Waals surface area contributed by atoms with E-state index in [2.05, 4.69) is 20.9 Å². The number of hydrogen-bond donors (Lipinski definition) is 4. The Morgan fingerprint density at radius 1 is 0.857 bits per heavy atom. The smallest absolute Gasteiger partial charge is 0.272 e. The molecule has 5 aromatic rings. The monoisotopic (exact) mass is 576 g/mol. The lowest BCUT2D eigenvalue weighted by atomic mass is 10.1. The van der Waals surface area contributed by atoms with E-state index in [4.69, 9.17) is 4.74 Å². The van der Waals surface area contributed by atoms with E-state index in [9.17, 15) is 14.4 Å². The molecule has 0 saturated carbocycles. The van der Waals surface area contributed by atoms with Crippen molar-refractivity contribution in [3.05, 3.63) is 126 Å². The molecule has 0 fully saturated rings. The van der Waals surface area contributed by atoms with Gasteiger partial charge < -0.3 is 25.7 Å². The standard InChI is InChI=1S/C33H28N4O4S/c1-41-30-17-8-7-16-28(30)36-31(38)21-42-25-13-9-12-24(19-25)35-33(40)29(37-32(39)22-10-3-2-4-11-22)18-23-20-34-27-15-6-5-14-26(23)27/h2-20,34H,21H2,1H3,(H,35,40)(H,36,38)(H,37,39)/b29-18-. The summed E-state index contributed by atoms with van der Waals surface area (Å²) < 4.78 is 5.29. The van der Waals surface area contributed by atoms with Gasteiger partial charge in [0.15, 0.2) is 0 Å². The Morgan fingerprint density at radius 2 is 1.62 bits per heavy atom. The van der Waals surface area contributed by atoms with Crippen LogP contribution in [0.1, 0.15) is 15.9 Å². The highest BCUT2D eigenvalue weighted by Gasteiger charge is 2.16. The lowest BCUT2D eigenvalue weighted by molar-refractivity contribution is -0.114. The molecular weight excluding hydrogens is 548 g/mol. The third-order valence-electron chi connectivity index (χ3n) is 6.29. The molecule has 1 aromatic heterocycles. The van der Waals surface area contributed by atoms with Gasteiger partial charge in [0, 0.05) is 38.8 Å². The minimum Gasteiger partial charge on any atom is -0.495 e. The number of carbonyl (C=O) groups is 3. The van der Waals surface area contributed by atoms with Gasteiger partial charge in [0.05, 0.1) is 18.6 Å². The van der Waals surface area contributed by atoms with Crippen molar-refractivity contribution in [3.8, 4) is 5.75 Å². The highest BCUT2D eigenvalue weighted by molar-refractivity contribution is 8.00. The second-order valence-corrected chi connectivity index (χ2v) is 10.2. The number of H-pyrrole nitrogens is 1. The summed E-state index contributed by atoms with van der Waals surface area (Å²) in [5.41, 5.74) is 3.31. The topological polar surface area (TPSA) is 112 Å². The fraction of sp³-hybridized carbons (Fsp3) is 0.0606. The van der Waals surface area contributed by atoms with Gasteiger partial charge in [0.25, 0.3) is 11.8 Å².